The number of aliphatic carboxylic acids is 1. The van der Waals surface area contributed by atoms with Crippen molar-refractivity contribution in [1.82, 2.24) is 19.7 Å². The van der Waals surface area contributed by atoms with Crippen LogP contribution in [0.25, 0.3) is 10.4 Å². The van der Waals surface area contributed by atoms with E-state index in [9.17, 15) is 15.0 Å². The van der Waals surface area contributed by atoms with Gasteiger partial charge in [0.2, 0.25) is 5.95 Å². The summed E-state index contributed by atoms with van der Waals surface area (Å²) in [6, 6.07) is 6.14. The Bertz CT molecular complexity index is 1190. The van der Waals surface area contributed by atoms with Gasteiger partial charge in [-0.15, -0.1) is 16.4 Å². The summed E-state index contributed by atoms with van der Waals surface area (Å²) >= 11 is 1.47. The number of benzene rings is 1. The highest BCUT2D eigenvalue weighted by atomic mass is 32.1. The van der Waals surface area contributed by atoms with Gasteiger partial charge in [0.05, 0.1) is 10.3 Å². The van der Waals surface area contributed by atoms with Crippen molar-refractivity contribution in [2.24, 2.45) is 10.8 Å². The number of carboxylic acid groups (broad SMARTS) is 1. The van der Waals surface area contributed by atoms with E-state index in [2.05, 4.69) is 26.4 Å². The summed E-state index contributed by atoms with van der Waals surface area (Å²) in [6.07, 6.45) is 5.10. The summed E-state index contributed by atoms with van der Waals surface area (Å²) in [6.45, 7) is 10.7. The summed E-state index contributed by atoms with van der Waals surface area (Å²) in [4.78, 5) is 22.0. The molecular formula is C25H33N5O3S. The van der Waals surface area contributed by atoms with Gasteiger partial charge in [0.1, 0.15) is 16.9 Å². The second-order valence-electron chi connectivity index (χ2n) is 10.3. The highest BCUT2D eigenvalue weighted by Crippen LogP contribution is 2.54. The Morgan fingerprint density at radius 3 is 2.47 bits per heavy atom. The summed E-state index contributed by atoms with van der Waals surface area (Å²) in [5.41, 5.74) is 0.630. The normalized spacial score (nSPS) is 23.1. The molecule has 0 bridgehead atoms. The molecule has 0 spiro atoms. The molecule has 182 valence electrons. The third-order valence-corrected chi connectivity index (χ3v) is 8.40. The van der Waals surface area contributed by atoms with Crippen LogP contribution in [-0.2, 0) is 16.9 Å². The molecule has 1 aliphatic carbocycles. The van der Waals surface area contributed by atoms with E-state index in [-0.39, 0.29) is 5.41 Å². The van der Waals surface area contributed by atoms with E-state index in [1.807, 2.05) is 46.8 Å². The first-order chi connectivity index (χ1) is 16.0. The van der Waals surface area contributed by atoms with E-state index < -0.39 is 17.0 Å². The summed E-state index contributed by atoms with van der Waals surface area (Å²) < 4.78 is 1.76. The zero-order chi connectivity index (χ0) is 24.7. The lowest BCUT2D eigenvalue weighted by Crippen LogP contribution is -2.48. The van der Waals surface area contributed by atoms with E-state index >= 15 is 0 Å². The van der Waals surface area contributed by atoms with Crippen molar-refractivity contribution in [2.75, 3.05) is 5.32 Å². The van der Waals surface area contributed by atoms with Gasteiger partial charge in [-0.2, -0.15) is 0 Å². The van der Waals surface area contributed by atoms with Crippen LogP contribution in [0.5, 0.6) is 0 Å². The van der Waals surface area contributed by atoms with E-state index in [0.717, 1.165) is 28.2 Å². The van der Waals surface area contributed by atoms with Crippen molar-refractivity contribution in [1.29, 1.82) is 0 Å². The number of aliphatic hydroxyl groups is 1. The Morgan fingerprint density at radius 2 is 1.88 bits per heavy atom. The monoisotopic (exact) mass is 483 g/mol. The van der Waals surface area contributed by atoms with E-state index in [1.165, 1.54) is 11.3 Å². The van der Waals surface area contributed by atoms with Crippen LogP contribution in [0.15, 0.2) is 30.7 Å². The number of aromatic nitrogens is 4. The van der Waals surface area contributed by atoms with Crippen molar-refractivity contribution in [3.63, 3.8) is 0 Å². The van der Waals surface area contributed by atoms with E-state index in [4.69, 9.17) is 0 Å². The van der Waals surface area contributed by atoms with Crippen LogP contribution in [0.4, 0.5) is 11.6 Å². The number of hydrogen-bond donors (Lipinski definition) is 3. The lowest BCUT2D eigenvalue weighted by molar-refractivity contribution is -0.166. The fourth-order valence-electron chi connectivity index (χ4n) is 4.84. The van der Waals surface area contributed by atoms with Crippen LogP contribution in [0.2, 0.25) is 0 Å². The molecule has 3 N–H and O–H groups in total. The number of aryl methyl sites for hydroxylation is 2. The number of carboxylic acids is 1. The minimum atomic E-state index is -1.10. The second-order valence-corrected chi connectivity index (χ2v) is 11.4. The molecule has 1 aliphatic rings. The third kappa shape index (κ3) is 4.46. The first-order valence-electron chi connectivity index (χ1n) is 11.7. The minimum Gasteiger partial charge on any atom is -0.481 e. The fraction of sp³-hybridized carbons (Fsp3) is 0.520. The Morgan fingerprint density at radius 1 is 1.18 bits per heavy atom. The van der Waals surface area contributed by atoms with Crippen LogP contribution < -0.4 is 5.32 Å². The number of nitrogens with zero attached hydrogens (tertiary/aromatic N) is 4. The number of carbonyl (C=O) groups is 1. The predicted molar refractivity (Wildman–Crippen MR) is 133 cm³/mol. The topological polar surface area (TPSA) is 113 Å². The maximum absolute atomic E-state index is 12.2. The van der Waals surface area contributed by atoms with Gasteiger partial charge in [-0.25, -0.2) is 9.97 Å². The van der Waals surface area contributed by atoms with Crippen molar-refractivity contribution in [3.05, 3.63) is 41.3 Å². The van der Waals surface area contributed by atoms with Gasteiger partial charge < -0.3 is 15.5 Å². The van der Waals surface area contributed by atoms with Crippen LogP contribution in [0.1, 0.15) is 63.9 Å². The van der Waals surface area contributed by atoms with Crippen molar-refractivity contribution >= 4 is 28.9 Å². The van der Waals surface area contributed by atoms with Gasteiger partial charge in [-0.05, 0) is 68.2 Å². The number of hydrogen-bond acceptors (Lipinski definition) is 7. The largest absolute Gasteiger partial charge is 0.481 e. The molecule has 34 heavy (non-hydrogen) atoms. The summed E-state index contributed by atoms with van der Waals surface area (Å²) in [5.74, 6) is -0.236. The summed E-state index contributed by atoms with van der Waals surface area (Å²) in [5, 5.41) is 29.7. The van der Waals surface area contributed by atoms with E-state index in [1.54, 1.807) is 17.2 Å². The van der Waals surface area contributed by atoms with Gasteiger partial charge >= 0.3 is 5.97 Å². The van der Waals surface area contributed by atoms with Crippen molar-refractivity contribution < 1.29 is 15.0 Å². The Kier molecular flexibility index (Phi) is 6.29. The molecule has 0 unspecified atom stereocenters. The molecule has 8 nitrogen and oxygen atoms in total. The smallest absolute Gasteiger partial charge is 0.310 e. The number of rotatable bonds is 6. The second kappa shape index (κ2) is 8.78. The highest BCUT2D eigenvalue weighted by Gasteiger charge is 2.54. The number of thiazole rings is 1. The van der Waals surface area contributed by atoms with Gasteiger partial charge in [-0.3, -0.25) is 9.48 Å². The maximum Gasteiger partial charge on any atom is 0.310 e. The Hall–Kier alpha value is -2.78. The van der Waals surface area contributed by atoms with Crippen LogP contribution in [0, 0.1) is 17.8 Å². The molecule has 0 atom stereocenters. The maximum atomic E-state index is 12.2. The highest BCUT2D eigenvalue weighted by molar-refractivity contribution is 7.15. The van der Waals surface area contributed by atoms with Gasteiger partial charge in [0.15, 0.2) is 0 Å². The lowest BCUT2D eigenvalue weighted by atomic mass is 9.57. The third-order valence-electron chi connectivity index (χ3n) is 7.16. The number of anilines is 2. The molecule has 0 aliphatic heterocycles. The van der Waals surface area contributed by atoms with Gasteiger partial charge in [0, 0.05) is 18.4 Å². The molecule has 1 fully saturated rings. The predicted octanol–water partition coefficient (Wildman–Crippen LogP) is 5.35. The van der Waals surface area contributed by atoms with Crippen LogP contribution >= 0.6 is 11.3 Å². The minimum absolute atomic E-state index is 0.385. The molecule has 0 amide bonds. The van der Waals surface area contributed by atoms with Gasteiger partial charge in [-0.1, -0.05) is 26.8 Å². The molecule has 4 rings (SSSR count). The number of nitrogens with one attached hydrogen (secondary N) is 1. The molecule has 3 aromatic rings. The molecule has 0 saturated heterocycles. The van der Waals surface area contributed by atoms with Gasteiger partial charge in [0.25, 0.3) is 0 Å². The Labute approximate surface area is 204 Å². The molecular weight excluding hydrogens is 450 g/mol. The quantitative estimate of drug-likeness (QED) is 0.433. The molecule has 2 heterocycles. The van der Waals surface area contributed by atoms with Crippen molar-refractivity contribution in [3.8, 4) is 10.4 Å². The lowest BCUT2D eigenvalue weighted by Gasteiger charge is -2.47. The summed E-state index contributed by atoms with van der Waals surface area (Å²) in [7, 11) is 0. The molecule has 2 aromatic heterocycles. The van der Waals surface area contributed by atoms with E-state index in [0.29, 0.717) is 36.6 Å². The average Bonchev–Trinajstić information content (AvgIpc) is 3.43. The molecule has 9 heteroatoms. The molecule has 0 radical (unpaired) electrons. The van der Waals surface area contributed by atoms with Crippen LogP contribution in [0.3, 0.4) is 0 Å². The molecule has 1 aromatic carbocycles. The Balaban J connectivity index is 1.55. The zero-order valence-corrected chi connectivity index (χ0v) is 21.2. The SMILES string of the molecule is CCn1cnc(Nc2cc(C)cc(-c3cnc(C4(O)CCC(C(=O)O)(C(C)(C)C)CC4)s3)c2)n1. The zero-order valence-electron chi connectivity index (χ0n) is 20.4. The van der Waals surface area contributed by atoms with Crippen LogP contribution in [-0.4, -0.2) is 35.9 Å². The van der Waals surface area contributed by atoms with Crippen molar-refractivity contribution in [2.45, 2.75) is 72.4 Å². The first-order valence-corrected chi connectivity index (χ1v) is 12.5. The fourth-order valence-corrected chi connectivity index (χ4v) is 5.89. The molecule has 1 saturated carbocycles. The average molecular weight is 484 g/mol. The standard InChI is InChI=1S/C25H33N5O3S/c1-6-30-15-27-22(29-30)28-18-12-16(2)11-17(13-18)19-14-26-20(34-19)25(33)9-7-24(8-10-25,21(31)32)23(3,4)5/h11-15,33H,6-10H2,1-5H3,(H,28,29)(H,31,32). The first kappa shape index (κ1) is 24.3.